The molecule has 3 heterocycles. The molecule has 0 aliphatic carbocycles. The van der Waals surface area contributed by atoms with Crippen molar-refractivity contribution in [3.05, 3.63) is 92.8 Å². The summed E-state index contributed by atoms with van der Waals surface area (Å²) in [5.41, 5.74) is 0.263. The standard InChI is InChI=1S/C32H30N2O7/c1-16-14-34(32(39)33-30(16)38)31-29-26(23(15-35)40-31)27(37)28(41-29)22(36)7-3-4-17-8-9-20-11-10-18-5-2-6-19-12-13-21(17)25(20)24(18)19/h2,5-6,8-14,23,26-29,31,35,37H,3-4,7,15H2,1H3,(H,33,38,39)/t23-,26?,27-,28-,29+,31-/m1/s1. The van der Waals surface area contributed by atoms with Crippen LogP contribution >= 0.6 is 0 Å². The van der Waals surface area contributed by atoms with Crippen molar-refractivity contribution in [1.82, 2.24) is 9.55 Å². The van der Waals surface area contributed by atoms with Crippen LogP contribution in [0.1, 0.15) is 30.2 Å². The Morgan fingerprint density at radius 3 is 2.44 bits per heavy atom. The first kappa shape index (κ1) is 26.0. The summed E-state index contributed by atoms with van der Waals surface area (Å²) in [6, 6.07) is 19.2. The van der Waals surface area contributed by atoms with Crippen LogP contribution in [0.4, 0.5) is 0 Å². The molecule has 2 aliphatic heterocycles. The molecule has 2 aliphatic rings. The number of aromatic nitrogens is 2. The van der Waals surface area contributed by atoms with E-state index in [0.29, 0.717) is 18.4 Å². The number of aromatic amines is 1. The number of fused-ring (bicyclic) bond motifs is 1. The maximum Gasteiger partial charge on any atom is 0.330 e. The van der Waals surface area contributed by atoms with Gasteiger partial charge in [-0.05, 0) is 57.6 Å². The van der Waals surface area contributed by atoms with Gasteiger partial charge in [-0.25, -0.2) is 4.79 Å². The highest BCUT2D eigenvalue weighted by atomic mass is 16.6. The molecule has 4 aromatic carbocycles. The van der Waals surface area contributed by atoms with E-state index in [-0.39, 0.29) is 12.2 Å². The minimum atomic E-state index is -1.19. The summed E-state index contributed by atoms with van der Waals surface area (Å²) >= 11 is 0. The minimum Gasteiger partial charge on any atom is -0.394 e. The molecule has 9 nitrogen and oxygen atoms in total. The molecule has 0 radical (unpaired) electrons. The SMILES string of the molecule is Cc1cn([C@@H]2O[C@H](CO)C3[C@@H](O)[C@@H](C(=O)CCCc4ccc5ccc6cccc7ccc4c5c67)O[C@@H]32)c(=O)[nH]c1=O. The lowest BCUT2D eigenvalue weighted by Crippen LogP contribution is -2.39. The molecule has 2 fully saturated rings. The zero-order chi connectivity index (χ0) is 28.4. The maximum absolute atomic E-state index is 13.3. The number of carbonyl (C=O) groups is 1. The molecule has 0 saturated carbocycles. The number of H-pyrrole nitrogens is 1. The second-order valence-electron chi connectivity index (χ2n) is 11.2. The molecule has 0 spiro atoms. The minimum absolute atomic E-state index is 0.205. The summed E-state index contributed by atoms with van der Waals surface area (Å²) in [7, 11) is 0. The normalized spacial score (nSPS) is 25.9. The Bertz CT molecular complexity index is 1890. The lowest BCUT2D eigenvalue weighted by atomic mass is 9.89. The summed E-state index contributed by atoms with van der Waals surface area (Å²) in [6.07, 6.45) is -2.11. The van der Waals surface area contributed by atoms with Crippen molar-refractivity contribution in [3.63, 3.8) is 0 Å². The van der Waals surface area contributed by atoms with Gasteiger partial charge < -0.3 is 19.7 Å². The van der Waals surface area contributed by atoms with Crippen LogP contribution < -0.4 is 11.2 Å². The quantitative estimate of drug-likeness (QED) is 0.264. The van der Waals surface area contributed by atoms with E-state index in [1.807, 2.05) is 0 Å². The van der Waals surface area contributed by atoms with Crippen molar-refractivity contribution in [2.24, 2.45) is 5.92 Å². The van der Waals surface area contributed by atoms with Crippen molar-refractivity contribution >= 4 is 38.1 Å². The first-order chi connectivity index (χ1) is 19.9. The fraction of sp³-hybridized carbons (Fsp3) is 0.344. The first-order valence-corrected chi connectivity index (χ1v) is 14.0. The number of ketones is 1. The monoisotopic (exact) mass is 554 g/mol. The van der Waals surface area contributed by atoms with Gasteiger partial charge in [0.15, 0.2) is 12.0 Å². The van der Waals surface area contributed by atoms with Gasteiger partial charge in [0.2, 0.25) is 0 Å². The first-order valence-electron chi connectivity index (χ1n) is 14.0. The van der Waals surface area contributed by atoms with Crippen LogP contribution in [0.15, 0.2) is 70.4 Å². The number of benzene rings is 4. The van der Waals surface area contributed by atoms with Crippen LogP contribution in [0, 0.1) is 12.8 Å². The van der Waals surface area contributed by atoms with Gasteiger partial charge in [-0.3, -0.25) is 19.1 Å². The van der Waals surface area contributed by atoms with Gasteiger partial charge in [0.05, 0.1) is 18.8 Å². The summed E-state index contributed by atoms with van der Waals surface area (Å²) in [5.74, 6) is -0.930. The lowest BCUT2D eigenvalue weighted by molar-refractivity contribution is -0.143. The predicted octanol–water partition coefficient (Wildman–Crippen LogP) is 2.97. The van der Waals surface area contributed by atoms with Gasteiger partial charge in [0.25, 0.3) is 5.56 Å². The molecule has 9 heteroatoms. The third-order valence-corrected chi connectivity index (χ3v) is 8.82. The summed E-state index contributed by atoms with van der Waals surface area (Å²) < 4.78 is 13.1. The second kappa shape index (κ2) is 9.88. The summed E-state index contributed by atoms with van der Waals surface area (Å²) in [4.78, 5) is 39.9. The van der Waals surface area contributed by atoms with Crippen molar-refractivity contribution < 1.29 is 24.5 Å². The van der Waals surface area contributed by atoms with E-state index in [0.717, 1.165) is 5.56 Å². The number of aliphatic hydroxyl groups is 2. The number of ether oxygens (including phenoxy) is 2. The Labute approximate surface area is 234 Å². The van der Waals surface area contributed by atoms with E-state index >= 15 is 0 Å². The maximum atomic E-state index is 13.3. The Morgan fingerprint density at radius 1 is 0.976 bits per heavy atom. The van der Waals surface area contributed by atoms with Crippen molar-refractivity contribution in [2.45, 2.75) is 56.8 Å². The topological polar surface area (TPSA) is 131 Å². The highest BCUT2D eigenvalue weighted by molar-refractivity contribution is 6.23. The van der Waals surface area contributed by atoms with Gasteiger partial charge >= 0.3 is 5.69 Å². The van der Waals surface area contributed by atoms with Gasteiger partial charge in [0.1, 0.15) is 12.2 Å². The average Bonchev–Trinajstić information content (AvgIpc) is 3.51. The van der Waals surface area contributed by atoms with Crippen LogP contribution in [-0.4, -0.2) is 56.6 Å². The van der Waals surface area contributed by atoms with Crippen molar-refractivity contribution in [3.8, 4) is 0 Å². The van der Waals surface area contributed by atoms with Gasteiger partial charge in [0, 0.05) is 24.1 Å². The second-order valence-corrected chi connectivity index (χ2v) is 11.2. The van der Waals surface area contributed by atoms with E-state index in [9.17, 15) is 24.6 Å². The van der Waals surface area contributed by atoms with E-state index in [2.05, 4.69) is 59.6 Å². The molecular formula is C32H30N2O7. The molecule has 6 atom stereocenters. The fourth-order valence-electron chi connectivity index (χ4n) is 6.81. The van der Waals surface area contributed by atoms with E-state index in [4.69, 9.17) is 9.47 Å². The van der Waals surface area contributed by atoms with Gasteiger partial charge in [-0.2, -0.15) is 0 Å². The number of Topliss-reactive ketones (excluding diaryl/α,β-unsaturated/α-hetero) is 1. The number of hydrogen-bond acceptors (Lipinski definition) is 7. The molecule has 3 N–H and O–H groups in total. The number of nitrogens with zero attached hydrogens (tertiary/aromatic N) is 1. The summed E-state index contributed by atoms with van der Waals surface area (Å²) in [5, 5.41) is 28.3. The average molecular weight is 555 g/mol. The highest BCUT2D eigenvalue weighted by Gasteiger charge is 2.58. The van der Waals surface area contributed by atoms with Crippen LogP contribution in [0.3, 0.4) is 0 Å². The van der Waals surface area contributed by atoms with E-state index in [1.165, 1.54) is 43.1 Å². The molecule has 210 valence electrons. The fourth-order valence-corrected chi connectivity index (χ4v) is 6.81. The van der Waals surface area contributed by atoms with Gasteiger partial charge in [-0.1, -0.05) is 54.6 Å². The van der Waals surface area contributed by atoms with Crippen molar-refractivity contribution in [1.29, 1.82) is 0 Å². The number of nitrogens with one attached hydrogen (secondary N) is 1. The highest BCUT2D eigenvalue weighted by Crippen LogP contribution is 2.44. The third kappa shape index (κ3) is 4.11. The Balaban J connectivity index is 1.09. The van der Waals surface area contributed by atoms with Crippen LogP contribution in [0.5, 0.6) is 0 Å². The van der Waals surface area contributed by atoms with E-state index in [1.54, 1.807) is 6.92 Å². The summed E-state index contributed by atoms with van der Waals surface area (Å²) in [6.45, 7) is 1.15. The van der Waals surface area contributed by atoms with Gasteiger partial charge in [-0.15, -0.1) is 0 Å². The number of aliphatic hydroxyl groups excluding tert-OH is 2. The number of rotatable bonds is 7. The largest absolute Gasteiger partial charge is 0.394 e. The van der Waals surface area contributed by atoms with Crippen molar-refractivity contribution in [2.75, 3.05) is 6.61 Å². The predicted molar refractivity (Wildman–Crippen MR) is 153 cm³/mol. The Hall–Kier alpha value is -3.89. The molecule has 41 heavy (non-hydrogen) atoms. The molecule has 7 rings (SSSR count). The number of carbonyl (C=O) groups excluding carboxylic acids is 1. The Morgan fingerprint density at radius 2 is 1.68 bits per heavy atom. The zero-order valence-corrected chi connectivity index (χ0v) is 22.4. The zero-order valence-electron chi connectivity index (χ0n) is 22.4. The van der Waals surface area contributed by atoms with Crippen LogP contribution in [-0.2, 0) is 20.7 Å². The molecule has 0 bridgehead atoms. The molecule has 1 unspecified atom stereocenters. The van der Waals surface area contributed by atoms with Crippen LogP contribution in [0.2, 0.25) is 0 Å². The van der Waals surface area contributed by atoms with E-state index < -0.39 is 54.4 Å². The Kier molecular flexibility index (Phi) is 6.28. The molecule has 0 amide bonds. The number of hydrogen-bond donors (Lipinski definition) is 3. The lowest BCUT2D eigenvalue weighted by Gasteiger charge is -2.22. The smallest absolute Gasteiger partial charge is 0.330 e. The molecule has 5 aromatic rings. The number of aryl methyl sites for hydroxylation is 2. The molecule has 1 aromatic heterocycles. The molecular weight excluding hydrogens is 524 g/mol. The van der Waals surface area contributed by atoms with Crippen LogP contribution in [0.25, 0.3) is 32.3 Å². The third-order valence-electron chi connectivity index (χ3n) is 8.82. The molecule has 2 saturated heterocycles.